The van der Waals surface area contributed by atoms with Crippen LogP contribution in [0.5, 0.6) is 0 Å². The zero-order chi connectivity index (χ0) is 11.7. The molecule has 2 rings (SSSR count). The fraction of sp³-hybridized carbons (Fsp3) is 0.364. The molecule has 1 aliphatic carbocycles. The lowest BCUT2D eigenvalue weighted by atomic mass is 9.85. The third-order valence-corrected chi connectivity index (χ3v) is 4.78. The molecule has 0 spiro atoms. The van der Waals surface area contributed by atoms with Gasteiger partial charge in [-0.25, -0.2) is 0 Å². The van der Waals surface area contributed by atoms with Gasteiger partial charge in [0, 0.05) is 15.8 Å². The number of carbonyl (C=O) groups is 1. The Bertz CT molecular complexity index is 404. The van der Waals surface area contributed by atoms with Crippen molar-refractivity contribution in [2.75, 3.05) is 5.73 Å². The second-order valence-electron chi connectivity index (χ2n) is 3.84. The minimum absolute atomic E-state index is 0.0969. The Labute approximate surface area is 103 Å². The van der Waals surface area contributed by atoms with Crippen LogP contribution in [-0.2, 0) is 4.79 Å². The molecule has 2 unspecified atom stereocenters. The van der Waals surface area contributed by atoms with Crippen LogP contribution < -0.4 is 5.73 Å². The summed E-state index contributed by atoms with van der Waals surface area (Å²) in [6.45, 7) is 0. The highest BCUT2D eigenvalue weighted by Gasteiger charge is 2.37. The van der Waals surface area contributed by atoms with Gasteiger partial charge in [-0.05, 0) is 25.0 Å². The number of thioether (sulfide) groups is 1. The van der Waals surface area contributed by atoms with E-state index in [9.17, 15) is 4.79 Å². The molecule has 0 heterocycles. The minimum Gasteiger partial charge on any atom is -0.481 e. The maximum absolute atomic E-state index is 10.9. The molecule has 0 aromatic heterocycles. The third kappa shape index (κ3) is 2.13. The number of benzene rings is 1. The predicted octanol–water partition coefficient (Wildman–Crippen LogP) is 2.88. The van der Waals surface area contributed by atoms with Gasteiger partial charge in [0.05, 0.1) is 10.9 Å². The summed E-state index contributed by atoms with van der Waals surface area (Å²) in [4.78, 5) is 11.7. The van der Waals surface area contributed by atoms with E-state index in [-0.39, 0.29) is 11.2 Å². The van der Waals surface area contributed by atoms with Gasteiger partial charge in [0.15, 0.2) is 0 Å². The average molecular weight is 258 g/mol. The van der Waals surface area contributed by atoms with Crippen LogP contribution in [0.25, 0.3) is 0 Å². The van der Waals surface area contributed by atoms with Crippen LogP contribution in [0.15, 0.2) is 23.1 Å². The van der Waals surface area contributed by atoms with Gasteiger partial charge in [-0.2, -0.15) is 0 Å². The number of rotatable bonds is 3. The number of nitrogens with two attached hydrogens (primary N) is 1. The van der Waals surface area contributed by atoms with E-state index in [2.05, 4.69) is 0 Å². The van der Waals surface area contributed by atoms with Gasteiger partial charge in [-0.3, -0.25) is 4.79 Å². The van der Waals surface area contributed by atoms with E-state index < -0.39 is 5.97 Å². The Hall–Kier alpha value is -0.870. The van der Waals surface area contributed by atoms with Crippen LogP contribution in [0, 0.1) is 5.92 Å². The lowest BCUT2D eigenvalue weighted by Crippen LogP contribution is -2.35. The lowest BCUT2D eigenvalue weighted by Gasteiger charge is -2.33. The van der Waals surface area contributed by atoms with E-state index in [0.29, 0.717) is 10.7 Å². The first-order chi connectivity index (χ1) is 7.59. The number of anilines is 1. The summed E-state index contributed by atoms with van der Waals surface area (Å²) < 4.78 is 0. The molecule has 1 saturated carbocycles. The molecule has 1 fully saturated rings. The van der Waals surface area contributed by atoms with Gasteiger partial charge in [0.1, 0.15) is 0 Å². The van der Waals surface area contributed by atoms with Gasteiger partial charge < -0.3 is 10.8 Å². The number of carboxylic acid groups (broad SMARTS) is 1. The molecular weight excluding hydrogens is 246 g/mol. The Morgan fingerprint density at radius 3 is 2.75 bits per heavy atom. The molecule has 0 aliphatic heterocycles. The Kier molecular flexibility index (Phi) is 3.30. The maximum Gasteiger partial charge on any atom is 0.307 e. The van der Waals surface area contributed by atoms with Crippen LogP contribution >= 0.6 is 23.4 Å². The summed E-state index contributed by atoms with van der Waals surface area (Å²) in [7, 11) is 0. The smallest absolute Gasteiger partial charge is 0.307 e. The number of halogens is 1. The zero-order valence-corrected chi connectivity index (χ0v) is 10.1. The second-order valence-corrected chi connectivity index (χ2v) is 5.49. The number of hydrogen-bond donors (Lipinski definition) is 2. The van der Waals surface area contributed by atoms with Crippen molar-refractivity contribution in [1.29, 1.82) is 0 Å². The van der Waals surface area contributed by atoms with Crippen molar-refractivity contribution in [3.63, 3.8) is 0 Å². The quantitative estimate of drug-likeness (QED) is 0.818. The van der Waals surface area contributed by atoms with Gasteiger partial charge in [-0.15, -0.1) is 11.8 Å². The summed E-state index contributed by atoms with van der Waals surface area (Å²) in [5.41, 5.74) is 6.44. The van der Waals surface area contributed by atoms with Crippen LogP contribution in [-0.4, -0.2) is 16.3 Å². The summed E-state index contributed by atoms with van der Waals surface area (Å²) >= 11 is 7.52. The SMILES string of the molecule is Nc1cccc(Cl)c1SC1CCC1C(=O)O. The molecule has 0 radical (unpaired) electrons. The van der Waals surface area contributed by atoms with E-state index in [1.165, 1.54) is 11.8 Å². The van der Waals surface area contributed by atoms with Crippen molar-refractivity contribution < 1.29 is 9.90 Å². The summed E-state index contributed by atoms with van der Waals surface area (Å²) in [6.07, 6.45) is 1.66. The van der Waals surface area contributed by atoms with Crippen molar-refractivity contribution in [3.8, 4) is 0 Å². The van der Waals surface area contributed by atoms with Crippen LogP contribution in [0.1, 0.15) is 12.8 Å². The first-order valence-corrected chi connectivity index (χ1v) is 6.29. The largest absolute Gasteiger partial charge is 0.481 e. The highest BCUT2D eigenvalue weighted by molar-refractivity contribution is 8.00. The molecule has 0 bridgehead atoms. The van der Waals surface area contributed by atoms with Crippen molar-refractivity contribution >= 4 is 35.0 Å². The standard InChI is InChI=1S/C11H12ClNO2S/c12-7-2-1-3-8(13)10(7)16-9-5-4-6(9)11(14)15/h1-3,6,9H,4-5,13H2,(H,14,15). The second kappa shape index (κ2) is 4.55. The number of hydrogen-bond acceptors (Lipinski definition) is 3. The van der Waals surface area contributed by atoms with Crippen LogP contribution in [0.4, 0.5) is 5.69 Å². The van der Waals surface area contributed by atoms with E-state index in [1.54, 1.807) is 18.2 Å². The predicted molar refractivity (Wildman–Crippen MR) is 65.9 cm³/mol. The normalized spacial score (nSPS) is 23.8. The van der Waals surface area contributed by atoms with Gasteiger partial charge in [0.2, 0.25) is 0 Å². The molecule has 1 aliphatic rings. The topological polar surface area (TPSA) is 63.3 Å². The van der Waals surface area contributed by atoms with E-state index in [4.69, 9.17) is 22.4 Å². The Morgan fingerprint density at radius 1 is 1.50 bits per heavy atom. The molecule has 86 valence electrons. The highest BCUT2D eigenvalue weighted by atomic mass is 35.5. The lowest BCUT2D eigenvalue weighted by molar-refractivity contribution is -0.144. The first kappa shape index (κ1) is 11.6. The molecule has 0 saturated heterocycles. The molecule has 1 aromatic carbocycles. The summed E-state index contributed by atoms with van der Waals surface area (Å²) in [5.74, 6) is -0.991. The van der Waals surface area contributed by atoms with Gasteiger partial charge in [-0.1, -0.05) is 17.7 Å². The molecule has 2 atom stereocenters. The molecule has 16 heavy (non-hydrogen) atoms. The summed E-state index contributed by atoms with van der Waals surface area (Å²) in [5, 5.41) is 9.64. The zero-order valence-electron chi connectivity index (χ0n) is 8.52. The molecular formula is C11H12ClNO2S. The third-order valence-electron chi connectivity index (χ3n) is 2.79. The van der Waals surface area contributed by atoms with Crippen LogP contribution in [0.3, 0.4) is 0 Å². The number of nitrogen functional groups attached to an aromatic ring is 1. The van der Waals surface area contributed by atoms with E-state index >= 15 is 0 Å². The average Bonchev–Trinajstić information content (AvgIpc) is 2.14. The molecule has 3 nitrogen and oxygen atoms in total. The summed E-state index contributed by atoms with van der Waals surface area (Å²) in [6, 6.07) is 5.34. The monoisotopic (exact) mass is 257 g/mol. The molecule has 0 amide bonds. The van der Waals surface area contributed by atoms with Gasteiger partial charge in [0.25, 0.3) is 0 Å². The van der Waals surface area contributed by atoms with Crippen molar-refractivity contribution in [2.24, 2.45) is 5.92 Å². The number of aliphatic carboxylic acids is 1. The minimum atomic E-state index is -0.727. The fourth-order valence-corrected chi connectivity index (χ4v) is 3.37. The highest BCUT2D eigenvalue weighted by Crippen LogP contribution is 2.45. The molecule has 3 N–H and O–H groups in total. The van der Waals surface area contributed by atoms with Crippen LogP contribution in [0.2, 0.25) is 5.02 Å². The first-order valence-electron chi connectivity index (χ1n) is 5.03. The van der Waals surface area contributed by atoms with E-state index in [0.717, 1.165) is 17.7 Å². The van der Waals surface area contributed by atoms with Crippen molar-refractivity contribution in [2.45, 2.75) is 23.0 Å². The molecule has 5 heteroatoms. The molecule has 1 aromatic rings. The van der Waals surface area contributed by atoms with Gasteiger partial charge >= 0.3 is 5.97 Å². The number of carboxylic acids is 1. The van der Waals surface area contributed by atoms with Crippen molar-refractivity contribution in [3.05, 3.63) is 23.2 Å². The van der Waals surface area contributed by atoms with E-state index in [1.807, 2.05) is 0 Å². The maximum atomic E-state index is 10.9. The Balaban J connectivity index is 2.13. The Morgan fingerprint density at radius 2 is 2.25 bits per heavy atom. The fourth-order valence-electron chi connectivity index (χ4n) is 1.69. The van der Waals surface area contributed by atoms with Crippen molar-refractivity contribution in [1.82, 2.24) is 0 Å².